The minimum atomic E-state index is -0.681. The molecule has 0 radical (unpaired) electrons. The van der Waals surface area contributed by atoms with Crippen LogP contribution in [-0.2, 0) is 22.1 Å². The van der Waals surface area contributed by atoms with E-state index in [1.165, 1.54) is 23.1 Å². The fourth-order valence-corrected chi connectivity index (χ4v) is 10.2. The highest BCUT2D eigenvalue weighted by Crippen LogP contribution is 2.50. The quantitative estimate of drug-likeness (QED) is 0.183. The monoisotopic (exact) mass is 752 g/mol. The van der Waals surface area contributed by atoms with Crippen molar-refractivity contribution in [1.29, 1.82) is 0 Å². The Morgan fingerprint density at radius 2 is 1.70 bits per heavy atom. The van der Waals surface area contributed by atoms with Gasteiger partial charge in [-0.25, -0.2) is 14.8 Å². The molecule has 2 aromatic carbocycles. The number of imide groups is 1. The van der Waals surface area contributed by atoms with Gasteiger partial charge in [0, 0.05) is 92.5 Å². The third kappa shape index (κ3) is 5.40. The molecule has 1 aliphatic carbocycles. The van der Waals surface area contributed by atoms with Crippen LogP contribution < -0.4 is 31.4 Å². The average molecular weight is 753 g/mol. The summed E-state index contributed by atoms with van der Waals surface area (Å²) in [5.41, 5.74) is 8.01. The number of nitrogens with zero attached hydrogens (tertiary/aromatic N) is 6. The van der Waals surface area contributed by atoms with Gasteiger partial charge in [-0.1, -0.05) is 0 Å². The van der Waals surface area contributed by atoms with Gasteiger partial charge in [0.05, 0.1) is 28.0 Å². The minimum absolute atomic E-state index is 0.0179. The molecule has 6 aliphatic rings. The molecule has 11 rings (SSSR count). The molecule has 4 saturated heterocycles. The molecular weight excluding hydrogens is 709 g/mol. The van der Waals surface area contributed by atoms with E-state index in [1.807, 2.05) is 24.3 Å². The first-order valence-corrected chi connectivity index (χ1v) is 20.0. The number of aromatic nitrogens is 5. The Morgan fingerprint density at radius 1 is 0.893 bits per heavy atom. The largest absolute Gasteiger partial charge is 0.371 e. The molecule has 1 spiro atoms. The summed E-state index contributed by atoms with van der Waals surface area (Å²) in [5.74, 6) is 1.17. The topological polar surface area (TPSA) is 162 Å². The van der Waals surface area contributed by atoms with Crippen LogP contribution >= 0.6 is 0 Å². The van der Waals surface area contributed by atoms with E-state index in [2.05, 4.69) is 66.0 Å². The molecule has 1 saturated carbocycles. The maximum atomic E-state index is 13.2. The maximum absolute atomic E-state index is 13.2. The van der Waals surface area contributed by atoms with E-state index >= 15 is 0 Å². The number of carbonyl (C=O) groups excluding carboxylic acids is 3. The molecule has 14 heteroatoms. The van der Waals surface area contributed by atoms with Crippen molar-refractivity contribution in [3.8, 4) is 22.8 Å². The summed E-state index contributed by atoms with van der Waals surface area (Å²) in [6.07, 6.45) is 6.90. The number of aromatic amines is 1. The fraction of sp³-hybridized carbons (Fsp3) is 0.429. The van der Waals surface area contributed by atoms with E-state index in [-0.39, 0.29) is 29.3 Å². The zero-order valence-corrected chi connectivity index (χ0v) is 31.3. The van der Waals surface area contributed by atoms with Crippen molar-refractivity contribution in [2.45, 2.75) is 62.1 Å². The molecule has 5 aliphatic heterocycles. The van der Waals surface area contributed by atoms with Crippen LogP contribution in [0.4, 0.5) is 11.4 Å². The van der Waals surface area contributed by atoms with Gasteiger partial charge in [0.1, 0.15) is 6.04 Å². The lowest BCUT2D eigenvalue weighted by Gasteiger charge is -2.43. The van der Waals surface area contributed by atoms with Crippen LogP contribution in [-0.4, -0.2) is 86.6 Å². The van der Waals surface area contributed by atoms with Gasteiger partial charge in [-0.15, -0.1) is 0 Å². The predicted octanol–water partition coefficient (Wildman–Crippen LogP) is 3.24. The van der Waals surface area contributed by atoms with Crippen LogP contribution in [0, 0.1) is 11.8 Å². The number of hydrogen-bond acceptors (Lipinski definition) is 9. The third-order valence-corrected chi connectivity index (χ3v) is 13.5. The molecule has 5 aromatic rings. The average Bonchev–Trinajstić information content (AvgIpc) is 3.61. The second-order valence-electron chi connectivity index (χ2n) is 17.0. The highest BCUT2D eigenvalue weighted by Gasteiger charge is 2.50. The molecule has 4 unspecified atom stereocenters. The van der Waals surface area contributed by atoms with Gasteiger partial charge in [0.25, 0.3) is 5.91 Å². The summed E-state index contributed by atoms with van der Waals surface area (Å²) in [4.78, 5) is 68.1. The number of H-pyrrole nitrogens is 1. The van der Waals surface area contributed by atoms with Crippen molar-refractivity contribution in [3.05, 3.63) is 82.5 Å². The zero-order valence-electron chi connectivity index (χ0n) is 31.3. The van der Waals surface area contributed by atoms with Crippen molar-refractivity contribution >= 4 is 40.1 Å². The van der Waals surface area contributed by atoms with E-state index < -0.39 is 11.9 Å². The maximum Gasteiger partial charge on any atom is 0.329 e. The number of fused-ring (bicyclic) bond motifs is 5. The summed E-state index contributed by atoms with van der Waals surface area (Å²) in [7, 11) is 1.74. The number of hydrogen-bond donors (Lipinski definition) is 4. The molecular formula is C42H44N10O4. The molecule has 5 fully saturated rings. The summed E-state index contributed by atoms with van der Waals surface area (Å²) in [6.45, 7) is 4.63. The van der Waals surface area contributed by atoms with Gasteiger partial charge in [0.15, 0.2) is 5.82 Å². The van der Waals surface area contributed by atoms with Crippen molar-refractivity contribution < 1.29 is 14.4 Å². The van der Waals surface area contributed by atoms with Crippen LogP contribution in [0.15, 0.2) is 65.6 Å². The molecule has 4 N–H and O–H groups in total. The Balaban J connectivity index is 0.725. The second kappa shape index (κ2) is 12.4. The summed E-state index contributed by atoms with van der Waals surface area (Å²) < 4.78 is 3.15. The van der Waals surface area contributed by atoms with E-state index in [9.17, 15) is 19.2 Å². The van der Waals surface area contributed by atoms with Gasteiger partial charge >= 0.3 is 5.69 Å². The van der Waals surface area contributed by atoms with Crippen molar-refractivity contribution in [3.63, 3.8) is 0 Å². The fourth-order valence-electron chi connectivity index (χ4n) is 10.2. The van der Waals surface area contributed by atoms with Crippen molar-refractivity contribution in [2.75, 3.05) is 42.5 Å². The summed E-state index contributed by atoms with van der Waals surface area (Å²) in [6, 6.07) is 18.7. The highest BCUT2D eigenvalue weighted by molar-refractivity contribution is 6.00. The first-order chi connectivity index (χ1) is 27.2. The van der Waals surface area contributed by atoms with Crippen LogP contribution in [0.3, 0.4) is 0 Å². The molecule has 3 amide bonds. The number of piperazine rings is 1. The molecule has 286 valence electrons. The predicted molar refractivity (Wildman–Crippen MR) is 210 cm³/mol. The normalized spacial score (nSPS) is 25.3. The summed E-state index contributed by atoms with van der Waals surface area (Å²) >= 11 is 0. The van der Waals surface area contributed by atoms with E-state index in [0.717, 1.165) is 78.4 Å². The number of imidazole rings is 1. The van der Waals surface area contributed by atoms with Crippen LogP contribution in [0.2, 0.25) is 0 Å². The van der Waals surface area contributed by atoms with Crippen LogP contribution in [0.25, 0.3) is 33.8 Å². The summed E-state index contributed by atoms with van der Waals surface area (Å²) in [5, 5.41) is 9.34. The lowest BCUT2D eigenvalue weighted by atomic mass is 9.84. The first kappa shape index (κ1) is 33.6. The SMILES string of the molecule is Cn1c(=O)n(C2CCC(=O)NC2=O)c2ccc(N3CC(CC4CC5CN(c6ccc(-c7nccc(-c8cc9c([nH]8)C8(CC8)CNC9=O)n7)cc6)CC4N5)C3)cc21. The van der Waals surface area contributed by atoms with Crippen LogP contribution in [0.5, 0.6) is 0 Å². The highest BCUT2D eigenvalue weighted by atomic mass is 16.2. The second-order valence-corrected chi connectivity index (χ2v) is 17.0. The molecule has 56 heavy (non-hydrogen) atoms. The number of carbonyl (C=O) groups is 3. The van der Waals surface area contributed by atoms with E-state index in [4.69, 9.17) is 4.98 Å². The lowest BCUT2D eigenvalue weighted by Crippen LogP contribution is -2.53. The van der Waals surface area contributed by atoms with Crippen molar-refractivity contribution in [2.24, 2.45) is 18.9 Å². The number of nitrogens with one attached hydrogen (secondary N) is 4. The molecule has 4 atom stereocenters. The third-order valence-electron chi connectivity index (χ3n) is 13.5. The van der Waals surface area contributed by atoms with Crippen LogP contribution in [0.1, 0.15) is 60.6 Å². The number of aryl methyl sites for hydroxylation is 1. The van der Waals surface area contributed by atoms with Gasteiger partial charge in [-0.2, -0.15) is 0 Å². The first-order valence-electron chi connectivity index (χ1n) is 20.0. The molecule has 3 aromatic heterocycles. The number of piperidine rings is 1. The van der Waals surface area contributed by atoms with Crippen molar-refractivity contribution in [1.82, 2.24) is 40.0 Å². The minimum Gasteiger partial charge on any atom is -0.371 e. The van der Waals surface area contributed by atoms with E-state index in [1.54, 1.807) is 17.8 Å². The Hall–Kier alpha value is -5.76. The molecule has 8 heterocycles. The Bertz CT molecular complexity index is 2510. The van der Waals surface area contributed by atoms with Gasteiger partial charge in [-0.3, -0.25) is 28.8 Å². The van der Waals surface area contributed by atoms with Gasteiger partial charge in [-0.05, 0) is 98.5 Å². The van der Waals surface area contributed by atoms with E-state index in [0.29, 0.717) is 48.2 Å². The number of rotatable bonds is 7. The molecule has 2 bridgehead atoms. The van der Waals surface area contributed by atoms with Gasteiger partial charge < -0.3 is 25.4 Å². The number of anilines is 2. The Labute approximate surface area is 322 Å². The number of benzene rings is 2. The van der Waals surface area contributed by atoms with Gasteiger partial charge in [0.2, 0.25) is 11.8 Å². The number of amides is 3. The lowest BCUT2D eigenvalue weighted by molar-refractivity contribution is -0.135. The Kier molecular flexibility index (Phi) is 7.42. The standard InChI is InChI=1S/C42H44N10O4/c1-49-35-16-28(6-7-33(35)52(41(49)56)34-8-9-36(53)48-40(34)55)50-18-23(19-50)14-25-15-26-20-51(21-32(25)45-26)27-4-2-24(3-5-27)38-43-13-10-30(47-38)31-17-29-37(46-31)42(11-12-42)22-44-39(29)54/h2-7,10,13,16-17,23,25-26,32,34,45-46H,8-9,11-12,14-15,18-22H2,1H3,(H,44,54)(H,48,53,55). The zero-order chi connectivity index (χ0) is 37.9. The Morgan fingerprint density at radius 3 is 2.50 bits per heavy atom. The molecule has 14 nitrogen and oxygen atoms in total. The smallest absolute Gasteiger partial charge is 0.329 e.